The highest BCUT2D eigenvalue weighted by Gasteiger charge is 2.15. The molecular formula is C19H33N3O. The molecule has 0 amide bonds. The molecule has 1 aliphatic rings. The second-order valence-electron chi connectivity index (χ2n) is 6.40. The number of nitrogens with zero attached hydrogens (tertiary/aromatic N) is 2. The van der Waals surface area contributed by atoms with Crippen LogP contribution in [0.15, 0.2) is 30.3 Å². The third kappa shape index (κ3) is 7.82. The van der Waals surface area contributed by atoms with Crippen molar-refractivity contribution in [2.45, 2.75) is 32.1 Å². The average molecular weight is 319 g/mol. The monoisotopic (exact) mass is 319 g/mol. The van der Waals surface area contributed by atoms with E-state index in [2.05, 4.69) is 9.80 Å². The molecule has 1 aliphatic heterocycles. The predicted octanol–water partition coefficient (Wildman–Crippen LogP) is 2.59. The quantitative estimate of drug-likeness (QED) is 0.637. The summed E-state index contributed by atoms with van der Waals surface area (Å²) in [7, 11) is 0. The summed E-state index contributed by atoms with van der Waals surface area (Å²) in [5, 5.41) is 0. The van der Waals surface area contributed by atoms with E-state index in [-0.39, 0.29) is 0 Å². The van der Waals surface area contributed by atoms with Crippen LogP contribution in [0.5, 0.6) is 5.75 Å². The van der Waals surface area contributed by atoms with Gasteiger partial charge in [-0.25, -0.2) is 0 Å². The molecule has 2 rings (SSSR count). The SMILES string of the molecule is NCCN1CCN(CCCCCCCOc2ccccc2)CC1. The third-order valence-electron chi connectivity index (χ3n) is 4.54. The third-order valence-corrected chi connectivity index (χ3v) is 4.54. The second-order valence-corrected chi connectivity index (χ2v) is 6.40. The number of ether oxygens (including phenoxy) is 1. The molecule has 0 atom stereocenters. The number of rotatable bonds is 11. The van der Waals surface area contributed by atoms with Gasteiger partial charge in [-0.05, 0) is 31.5 Å². The number of piperazine rings is 1. The zero-order chi connectivity index (χ0) is 16.2. The van der Waals surface area contributed by atoms with Crippen molar-refractivity contribution >= 4 is 0 Å². The molecule has 0 unspecified atom stereocenters. The molecule has 23 heavy (non-hydrogen) atoms. The first-order chi connectivity index (χ1) is 11.4. The van der Waals surface area contributed by atoms with E-state index in [9.17, 15) is 0 Å². The smallest absolute Gasteiger partial charge is 0.119 e. The van der Waals surface area contributed by atoms with Crippen LogP contribution in [0.2, 0.25) is 0 Å². The number of nitrogens with two attached hydrogens (primary N) is 1. The number of hydrogen-bond acceptors (Lipinski definition) is 4. The Labute approximate surface area is 141 Å². The van der Waals surface area contributed by atoms with E-state index >= 15 is 0 Å². The van der Waals surface area contributed by atoms with Gasteiger partial charge >= 0.3 is 0 Å². The highest BCUT2D eigenvalue weighted by Crippen LogP contribution is 2.10. The van der Waals surface area contributed by atoms with Gasteiger partial charge in [-0.15, -0.1) is 0 Å². The number of para-hydroxylation sites is 1. The molecule has 1 saturated heterocycles. The highest BCUT2D eigenvalue weighted by atomic mass is 16.5. The fraction of sp³-hybridized carbons (Fsp3) is 0.684. The van der Waals surface area contributed by atoms with Gasteiger partial charge in [-0.3, -0.25) is 4.90 Å². The molecule has 0 spiro atoms. The molecule has 0 radical (unpaired) electrons. The zero-order valence-corrected chi connectivity index (χ0v) is 14.5. The molecule has 1 aromatic carbocycles. The minimum Gasteiger partial charge on any atom is -0.494 e. The van der Waals surface area contributed by atoms with Crippen LogP contribution in [0.25, 0.3) is 0 Å². The lowest BCUT2D eigenvalue weighted by atomic mass is 10.1. The van der Waals surface area contributed by atoms with E-state index in [0.29, 0.717) is 0 Å². The molecule has 130 valence electrons. The van der Waals surface area contributed by atoms with E-state index < -0.39 is 0 Å². The Hall–Kier alpha value is -1.10. The van der Waals surface area contributed by atoms with Gasteiger partial charge in [0.05, 0.1) is 6.61 Å². The van der Waals surface area contributed by atoms with Crippen molar-refractivity contribution in [2.24, 2.45) is 5.73 Å². The maximum Gasteiger partial charge on any atom is 0.119 e. The van der Waals surface area contributed by atoms with Crippen molar-refractivity contribution in [3.8, 4) is 5.75 Å². The maximum atomic E-state index is 5.72. The van der Waals surface area contributed by atoms with E-state index in [1.54, 1.807) is 0 Å². The van der Waals surface area contributed by atoms with Crippen molar-refractivity contribution in [3.05, 3.63) is 30.3 Å². The van der Waals surface area contributed by atoms with Crippen molar-refractivity contribution in [1.29, 1.82) is 0 Å². The number of hydrogen-bond donors (Lipinski definition) is 1. The summed E-state index contributed by atoms with van der Waals surface area (Å²) in [6.07, 6.45) is 6.43. The van der Waals surface area contributed by atoms with Gasteiger partial charge in [0, 0.05) is 39.3 Å². The summed E-state index contributed by atoms with van der Waals surface area (Å²) in [4.78, 5) is 5.08. The topological polar surface area (TPSA) is 41.7 Å². The minimum atomic E-state index is 0.786. The summed E-state index contributed by atoms with van der Waals surface area (Å²) < 4.78 is 5.72. The largest absolute Gasteiger partial charge is 0.494 e. The Morgan fingerprint density at radius 1 is 0.783 bits per heavy atom. The molecule has 4 heteroatoms. The molecule has 2 N–H and O–H groups in total. The van der Waals surface area contributed by atoms with Crippen LogP contribution >= 0.6 is 0 Å². The normalized spacial score (nSPS) is 16.6. The van der Waals surface area contributed by atoms with Gasteiger partial charge < -0.3 is 15.4 Å². The maximum absolute atomic E-state index is 5.72. The van der Waals surface area contributed by atoms with Gasteiger partial charge in [-0.1, -0.05) is 37.5 Å². The fourth-order valence-electron chi connectivity index (χ4n) is 3.09. The van der Waals surface area contributed by atoms with Crippen molar-refractivity contribution in [2.75, 3.05) is 52.4 Å². The Balaban J connectivity index is 1.38. The summed E-state index contributed by atoms with van der Waals surface area (Å²) in [5.74, 6) is 0.987. The molecular weight excluding hydrogens is 286 g/mol. The first-order valence-electron chi connectivity index (χ1n) is 9.21. The second kappa shape index (κ2) is 11.4. The highest BCUT2D eigenvalue weighted by molar-refractivity contribution is 5.20. The van der Waals surface area contributed by atoms with E-state index in [1.807, 2.05) is 30.3 Å². The Kier molecular flexibility index (Phi) is 9.07. The van der Waals surface area contributed by atoms with Crippen LogP contribution in [0.1, 0.15) is 32.1 Å². The first kappa shape index (κ1) is 18.2. The Morgan fingerprint density at radius 3 is 2.09 bits per heavy atom. The lowest BCUT2D eigenvalue weighted by Crippen LogP contribution is -2.47. The summed E-state index contributed by atoms with van der Waals surface area (Å²) in [6, 6.07) is 10.1. The summed E-state index contributed by atoms with van der Waals surface area (Å²) in [6.45, 7) is 8.74. The molecule has 1 aromatic rings. The lowest BCUT2D eigenvalue weighted by molar-refractivity contribution is 0.133. The summed E-state index contributed by atoms with van der Waals surface area (Å²) >= 11 is 0. The van der Waals surface area contributed by atoms with Crippen LogP contribution in [-0.4, -0.2) is 62.2 Å². The average Bonchev–Trinajstić information content (AvgIpc) is 2.60. The van der Waals surface area contributed by atoms with Crippen molar-refractivity contribution in [1.82, 2.24) is 9.80 Å². The van der Waals surface area contributed by atoms with Crippen LogP contribution in [-0.2, 0) is 0 Å². The van der Waals surface area contributed by atoms with Gasteiger partial charge in [0.2, 0.25) is 0 Å². The van der Waals surface area contributed by atoms with Crippen molar-refractivity contribution in [3.63, 3.8) is 0 Å². The lowest BCUT2D eigenvalue weighted by Gasteiger charge is -2.34. The van der Waals surface area contributed by atoms with E-state index in [0.717, 1.165) is 31.9 Å². The van der Waals surface area contributed by atoms with Crippen LogP contribution < -0.4 is 10.5 Å². The van der Waals surface area contributed by atoms with Gasteiger partial charge in [0.1, 0.15) is 5.75 Å². The van der Waals surface area contributed by atoms with Gasteiger partial charge in [-0.2, -0.15) is 0 Å². The number of unbranched alkanes of at least 4 members (excludes halogenated alkanes) is 4. The fourth-order valence-corrected chi connectivity index (χ4v) is 3.09. The summed E-state index contributed by atoms with van der Waals surface area (Å²) in [5.41, 5.74) is 5.61. The molecule has 1 fully saturated rings. The Bertz CT molecular complexity index is 391. The first-order valence-corrected chi connectivity index (χ1v) is 9.21. The zero-order valence-electron chi connectivity index (χ0n) is 14.5. The predicted molar refractivity (Wildman–Crippen MR) is 97.0 cm³/mol. The van der Waals surface area contributed by atoms with Gasteiger partial charge in [0.25, 0.3) is 0 Å². The Morgan fingerprint density at radius 2 is 1.39 bits per heavy atom. The standard InChI is InChI=1S/C19H33N3O/c20-11-13-22-16-14-21(15-17-22)12-7-2-1-3-8-18-23-19-9-5-4-6-10-19/h4-6,9-10H,1-3,7-8,11-18,20H2. The van der Waals surface area contributed by atoms with Crippen LogP contribution in [0.3, 0.4) is 0 Å². The van der Waals surface area contributed by atoms with Crippen molar-refractivity contribution < 1.29 is 4.74 Å². The van der Waals surface area contributed by atoms with E-state index in [1.165, 1.54) is 58.4 Å². The molecule has 4 nitrogen and oxygen atoms in total. The molecule has 0 saturated carbocycles. The van der Waals surface area contributed by atoms with E-state index in [4.69, 9.17) is 10.5 Å². The number of benzene rings is 1. The van der Waals surface area contributed by atoms with Crippen LogP contribution in [0, 0.1) is 0 Å². The molecule has 0 aromatic heterocycles. The molecule has 0 bridgehead atoms. The van der Waals surface area contributed by atoms with Crippen LogP contribution in [0.4, 0.5) is 0 Å². The minimum absolute atomic E-state index is 0.786. The molecule has 0 aliphatic carbocycles. The van der Waals surface area contributed by atoms with Gasteiger partial charge in [0.15, 0.2) is 0 Å². The molecule has 1 heterocycles.